The zero-order valence-corrected chi connectivity index (χ0v) is 12.4. The fourth-order valence-corrected chi connectivity index (χ4v) is 2.40. The third kappa shape index (κ3) is 4.46. The summed E-state index contributed by atoms with van der Waals surface area (Å²) in [7, 11) is -0.531. The van der Waals surface area contributed by atoms with Crippen molar-refractivity contribution in [3.8, 4) is 0 Å². The van der Waals surface area contributed by atoms with Gasteiger partial charge in [0.1, 0.15) is 18.3 Å². The van der Waals surface area contributed by atoms with Crippen LogP contribution in [0.1, 0.15) is 6.92 Å². The van der Waals surface area contributed by atoms with E-state index in [1.54, 1.807) is 0 Å². The zero-order chi connectivity index (χ0) is 16.9. The summed E-state index contributed by atoms with van der Waals surface area (Å²) in [6.45, 7) is 0.395. The average Bonchev–Trinajstić information content (AvgIpc) is 2.46. The zero-order valence-electron chi connectivity index (χ0n) is 11.5. The number of carboxylic acid groups (broad SMARTS) is 1. The van der Waals surface area contributed by atoms with Crippen molar-refractivity contribution in [1.82, 2.24) is 10.4 Å². The first kappa shape index (κ1) is 18.5. The molecule has 1 heterocycles. The topological polar surface area (TPSA) is 165 Å². The SMILES string of the molecule is CC(=O)N[C@H]1[C@H]([C@H](O)[C@H](O)CO)OC(C(=O)O)=C[C@@H]1NP=O. The Labute approximate surface area is 127 Å². The van der Waals surface area contributed by atoms with Gasteiger partial charge in [0.2, 0.25) is 20.3 Å². The largest absolute Gasteiger partial charge is 0.478 e. The quantitative estimate of drug-likeness (QED) is 0.281. The lowest BCUT2D eigenvalue weighted by molar-refractivity contribution is -0.146. The summed E-state index contributed by atoms with van der Waals surface area (Å²) >= 11 is 0. The molecule has 1 amide bonds. The Bertz CT molecular complexity index is 471. The number of carbonyl (C=O) groups excluding carboxylic acids is 1. The first-order chi connectivity index (χ1) is 10.3. The minimum absolute atomic E-state index is 0.508. The predicted molar refractivity (Wildman–Crippen MR) is 71.8 cm³/mol. The van der Waals surface area contributed by atoms with Gasteiger partial charge in [-0.2, -0.15) is 0 Å². The van der Waals surface area contributed by atoms with Crippen molar-refractivity contribution in [3.05, 3.63) is 11.8 Å². The molecule has 6 N–H and O–H groups in total. The third-order valence-corrected chi connectivity index (χ3v) is 3.44. The second kappa shape index (κ2) is 8.16. The Morgan fingerprint density at radius 1 is 1.45 bits per heavy atom. The van der Waals surface area contributed by atoms with E-state index in [0.29, 0.717) is 0 Å². The highest BCUT2D eigenvalue weighted by Crippen LogP contribution is 2.23. The Kier molecular flexibility index (Phi) is 6.85. The van der Waals surface area contributed by atoms with E-state index in [4.69, 9.17) is 14.9 Å². The molecular formula is C11H17N2O8P. The van der Waals surface area contributed by atoms with Gasteiger partial charge in [-0.25, -0.2) is 9.88 Å². The van der Waals surface area contributed by atoms with E-state index >= 15 is 0 Å². The van der Waals surface area contributed by atoms with Crippen LogP contribution in [0.15, 0.2) is 11.8 Å². The Morgan fingerprint density at radius 3 is 2.55 bits per heavy atom. The van der Waals surface area contributed by atoms with E-state index < -0.39 is 63.2 Å². The van der Waals surface area contributed by atoms with Crippen molar-refractivity contribution in [2.45, 2.75) is 37.3 Å². The van der Waals surface area contributed by atoms with Gasteiger partial charge in [-0.15, -0.1) is 0 Å². The molecule has 0 unspecified atom stereocenters. The fourth-order valence-electron chi connectivity index (χ4n) is 2.05. The van der Waals surface area contributed by atoms with E-state index in [-0.39, 0.29) is 0 Å². The molecule has 1 rings (SSSR count). The van der Waals surface area contributed by atoms with Crippen LogP contribution in [-0.4, -0.2) is 69.3 Å². The fraction of sp³-hybridized carbons (Fsp3) is 0.636. The molecule has 0 saturated heterocycles. The smallest absolute Gasteiger partial charge is 0.370 e. The van der Waals surface area contributed by atoms with Gasteiger partial charge in [-0.05, 0) is 6.08 Å². The molecule has 22 heavy (non-hydrogen) atoms. The van der Waals surface area contributed by atoms with Gasteiger partial charge in [-0.3, -0.25) is 9.36 Å². The third-order valence-electron chi connectivity index (χ3n) is 3.04. The maximum atomic E-state index is 11.3. The second-order valence-corrected chi connectivity index (χ2v) is 5.07. The van der Waals surface area contributed by atoms with Gasteiger partial charge in [0.25, 0.3) is 0 Å². The van der Waals surface area contributed by atoms with Crippen LogP contribution in [0.4, 0.5) is 0 Å². The molecule has 0 aromatic carbocycles. The van der Waals surface area contributed by atoms with Crippen LogP contribution in [0.2, 0.25) is 0 Å². The van der Waals surface area contributed by atoms with Crippen LogP contribution in [0.25, 0.3) is 0 Å². The Balaban J connectivity index is 3.17. The number of hydrogen-bond acceptors (Lipinski definition) is 7. The molecule has 0 aromatic rings. The summed E-state index contributed by atoms with van der Waals surface area (Å²) in [6, 6.07) is -1.95. The molecule has 11 heteroatoms. The lowest BCUT2D eigenvalue weighted by atomic mass is 9.92. The molecule has 0 aliphatic carbocycles. The normalized spacial score (nSPS) is 27.5. The number of nitrogens with one attached hydrogen (secondary N) is 2. The number of aliphatic hydroxyl groups is 3. The van der Waals surface area contributed by atoms with Crippen LogP contribution in [-0.2, 0) is 18.9 Å². The lowest BCUT2D eigenvalue weighted by Crippen LogP contribution is -2.62. The van der Waals surface area contributed by atoms with E-state index in [1.165, 1.54) is 6.92 Å². The molecule has 0 radical (unpaired) electrons. The van der Waals surface area contributed by atoms with Crippen molar-refractivity contribution in [2.24, 2.45) is 0 Å². The molecule has 5 atom stereocenters. The van der Waals surface area contributed by atoms with Gasteiger partial charge in [0.05, 0.1) is 18.7 Å². The lowest BCUT2D eigenvalue weighted by Gasteiger charge is -2.39. The molecule has 1 aliphatic rings. The van der Waals surface area contributed by atoms with E-state index in [2.05, 4.69) is 10.4 Å². The Hall–Kier alpha value is -1.58. The molecule has 0 bridgehead atoms. The average molecular weight is 336 g/mol. The number of amides is 1. The summed E-state index contributed by atoms with van der Waals surface area (Å²) in [5.74, 6) is -2.49. The first-order valence-corrected chi connectivity index (χ1v) is 7.06. The Morgan fingerprint density at radius 2 is 2.09 bits per heavy atom. The second-order valence-electron chi connectivity index (χ2n) is 4.63. The monoisotopic (exact) mass is 336 g/mol. The van der Waals surface area contributed by atoms with Gasteiger partial charge < -0.3 is 30.5 Å². The maximum Gasteiger partial charge on any atom is 0.370 e. The van der Waals surface area contributed by atoms with Crippen molar-refractivity contribution >= 4 is 20.5 Å². The number of ether oxygens (including phenoxy) is 1. The van der Waals surface area contributed by atoms with Crippen molar-refractivity contribution in [1.29, 1.82) is 0 Å². The maximum absolute atomic E-state index is 11.3. The standard InChI is InChI=1S/C11H17N2O8P/c1-4(15)12-8-5(13-22-20)2-7(11(18)19)21-10(8)9(17)6(16)3-14/h2,5-6,8-10,14,16-17H,3H2,1H3,(H,12,15)(H,13,20)(H,18,19)/t5-,6+,8+,9+,10+/m0/s1. The number of hydrogen-bond donors (Lipinski definition) is 6. The van der Waals surface area contributed by atoms with Crippen molar-refractivity contribution < 1.29 is 39.3 Å². The number of rotatable bonds is 7. The summed E-state index contributed by atoms with van der Waals surface area (Å²) in [6.07, 6.45) is -3.58. The van der Waals surface area contributed by atoms with Crippen LogP contribution < -0.4 is 10.4 Å². The van der Waals surface area contributed by atoms with Gasteiger partial charge >= 0.3 is 5.97 Å². The molecule has 124 valence electrons. The number of aliphatic carboxylic acids is 1. The number of aliphatic hydroxyl groups excluding tert-OH is 3. The van der Waals surface area contributed by atoms with Gasteiger partial charge in [0, 0.05) is 6.92 Å². The van der Waals surface area contributed by atoms with Crippen molar-refractivity contribution in [2.75, 3.05) is 6.61 Å². The minimum atomic E-state index is -1.68. The molecule has 0 aromatic heterocycles. The summed E-state index contributed by atoms with van der Waals surface area (Å²) in [4.78, 5) is 22.3. The molecule has 0 fully saturated rings. The highest BCUT2D eigenvalue weighted by molar-refractivity contribution is 7.21. The number of carboxylic acids is 1. The van der Waals surface area contributed by atoms with E-state index in [0.717, 1.165) is 6.08 Å². The summed E-state index contributed by atoms with van der Waals surface area (Å²) in [5, 5.41) is 42.2. The van der Waals surface area contributed by atoms with Crippen LogP contribution >= 0.6 is 8.61 Å². The summed E-state index contributed by atoms with van der Waals surface area (Å²) < 4.78 is 15.9. The predicted octanol–water partition coefficient (Wildman–Crippen LogP) is -2.26. The summed E-state index contributed by atoms with van der Waals surface area (Å²) in [5.41, 5.74) is 0. The minimum Gasteiger partial charge on any atom is -0.478 e. The van der Waals surface area contributed by atoms with Gasteiger partial charge in [0.15, 0.2) is 0 Å². The first-order valence-electron chi connectivity index (χ1n) is 6.25. The molecular weight excluding hydrogens is 319 g/mol. The van der Waals surface area contributed by atoms with Crippen LogP contribution in [0.5, 0.6) is 0 Å². The van der Waals surface area contributed by atoms with Crippen LogP contribution in [0, 0.1) is 0 Å². The van der Waals surface area contributed by atoms with Crippen LogP contribution in [0.3, 0.4) is 0 Å². The molecule has 0 saturated carbocycles. The van der Waals surface area contributed by atoms with Crippen molar-refractivity contribution in [3.63, 3.8) is 0 Å². The van der Waals surface area contributed by atoms with E-state index in [9.17, 15) is 24.4 Å². The molecule has 1 aliphatic heterocycles. The molecule has 10 nitrogen and oxygen atoms in total. The molecule has 0 spiro atoms. The van der Waals surface area contributed by atoms with Gasteiger partial charge in [-0.1, -0.05) is 0 Å². The number of carbonyl (C=O) groups is 2. The highest BCUT2D eigenvalue weighted by Gasteiger charge is 2.43. The van der Waals surface area contributed by atoms with E-state index in [1.807, 2.05) is 0 Å². The highest BCUT2D eigenvalue weighted by atomic mass is 31.1.